The van der Waals surface area contributed by atoms with Gasteiger partial charge in [-0.3, -0.25) is 0 Å². The molecule has 0 aromatic carbocycles. The van der Waals surface area contributed by atoms with Crippen LogP contribution in [0.1, 0.15) is 125 Å². The Bertz CT molecular complexity index is 727. The molecule has 0 saturated carbocycles. The lowest BCUT2D eigenvalue weighted by Gasteiger charge is -2.54. The summed E-state index contributed by atoms with van der Waals surface area (Å²) in [7, 11) is -2.21. The second kappa shape index (κ2) is 13.2. The van der Waals surface area contributed by atoms with Crippen molar-refractivity contribution in [2.75, 3.05) is 12.3 Å². The molecule has 0 aliphatic rings. The van der Waals surface area contributed by atoms with E-state index in [1.807, 2.05) is 0 Å². The summed E-state index contributed by atoms with van der Waals surface area (Å²) < 4.78 is 0. The van der Waals surface area contributed by atoms with Crippen molar-refractivity contribution in [3.63, 3.8) is 0 Å². The molecular formula is C32H64P2Si2. The SMILES string of the molecule is CC(C)[Si](C#CPCCPC#C[Si](C(C)C)(C(C)C)C(C)(C)C(C)(C)C)(C(C)C)C(C)(C)C(C)(C)C. The fraction of sp³-hybridized carbons (Fsp3) is 0.875. The van der Waals surface area contributed by atoms with E-state index in [0.717, 1.165) is 17.2 Å². The van der Waals surface area contributed by atoms with Crippen molar-refractivity contribution >= 4 is 33.3 Å². The highest BCUT2D eigenvalue weighted by molar-refractivity contribution is 7.48. The maximum absolute atomic E-state index is 4.04. The zero-order chi connectivity index (χ0) is 29.0. The first-order valence-electron chi connectivity index (χ1n) is 14.5. The summed E-state index contributed by atoms with van der Waals surface area (Å²) in [6.45, 7) is 44.0. The van der Waals surface area contributed by atoms with E-state index < -0.39 is 16.1 Å². The number of hydrogen-bond donors (Lipinski definition) is 0. The highest BCUT2D eigenvalue weighted by Crippen LogP contribution is 2.60. The van der Waals surface area contributed by atoms with Crippen molar-refractivity contribution in [3.05, 3.63) is 0 Å². The van der Waals surface area contributed by atoms with Crippen molar-refractivity contribution in [1.82, 2.24) is 0 Å². The molecule has 0 aromatic rings. The molecule has 0 aliphatic heterocycles. The van der Waals surface area contributed by atoms with E-state index in [2.05, 4.69) is 147 Å². The van der Waals surface area contributed by atoms with Crippen LogP contribution in [-0.4, -0.2) is 28.5 Å². The topological polar surface area (TPSA) is 0 Å². The molecule has 0 aromatic heterocycles. The highest BCUT2D eigenvalue weighted by Gasteiger charge is 2.57. The molecule has 2 unspecified atom stereocenters. The smallest absolute Gasteiger partial charge is 0.126 e. The molecule has 210 valence electrons. The van der Waals surface area contributed by atoms with Crippen molar-refractivity contribution in [1.29, 1.82) is 0 Å². The van der Waals surface area contributed by atoms with Gasteiger partial charge in [-0.1, -0.05) is 136 Å². The molecule has 2 atom stereocenters. The minimum atomic E-state index is -1.85. The molecule has 0 saturated heterocycles. The van der Waals surface area contributed by atoms with Crippen LogP contribution in [0.15, 0.2) is 0 Å². The van der Waals surface area contributed by atoms with Crippen molar-refractivity contribution < 1.29 is 0 Å². The Labute approximate surface area is 235 Å². The second-order valence-electron chi connectivity index (χ2n) is 15.5. The summed E-state index contributed by atoms with van der Waals surface area (Å²) in [5.41, 5.74) is 18.7. The van der Waals surface area contributed by atoms with Gasteiger partial charge in [-0.15, -0.1) is 11.1 Å². The third-order valence-electron chi connectivity index (χ3n) is 10.6. The number of rotatable bonds is 9. The minimum absolute atomic E-state index is 0.257. The molecule has 0 fully saturated rings. The van der Waals surface area contributed by atoms with Gasteiger partial charge in [0.2, 0.25) is 0 Å². The Morgan fingerprint density at radius 1 is 0.472 bits per heavy atom. The van der Waals surface area contributed by atoms with Gasteiger partial charge in [0.1, 0.15) is 16.1 Å². The molecule has 0 radical (unpaired) electrons. The lowest BCUT2D eigenvalue weighted by Crippen LogP contribution is -2.55. The molecule has 4 heteroatoms. The summed E-state index contributed by atoms with van der Waals surface area (Å²) in [5, 5.41) is 0.517. The molecule has 0 nitrogen and oxygen atoms in total. The van der Waals surface area contributed by atoms with Gasteiger partial charge in [-0.05, 0) is 72.6 Å². The van der Waals surface area contributed by atoms with E-state index in [-0.39, 0.29) is 20.9 Å². The predicted molar refractivity (Wildman–Crippen MR) is 181 cm³/mol. The summed E-state index contributed by atoms with van der Waals surface area (Å²) in [4.78, 5) is 0. The molecule has 0 rings (SSSR count). The summed E-state index contributed by atoms with van der Waals surface area (Å²) in [6.07, 6.45) is 2.41. The van der Waals surface area contributed by atoms with E-state index >= 15 is 0 Å². The van der Waals surface area contributed by atoms with Gasteiger partial charge in [0.25, 0.3) is 0 Å². The van der Waals surface area contributed by atoms with E-state index in [9.17, 15) is 0 Å². The van der Waals surface area contributed by atoms with Crippen LogP contribution in [0.25, 0.3) is 0 Å². The monoisotopic (exact) mass is 566 g/mol. The molecule has 0 spiro atoms. The Morgan fingerprint density at radius 3 is 0.861 bits per heavy atom. The fourth-order valence-electron chi connectivity index (χ4n) is 6.90. The summed E-state index contributed by atoms with van der Waals surface area (Å²) in [6, 6.07) is 0. The Kier molecular flexibility index (Phi) is 13.3. The maximum Gasteiger partial charge on any atom is 0.149 e. The molecule has 0 N–H and O–H groups in total. The Morgan fingerprint density at radius 2 is 0.694 bits per heavy atom. The average Bonchev–Trinajstić information content (AvgIpc) is 2.66. The predicted octanol–water partition coefficient (Wildman–Crippen LogP) is 11.5. The minimum Gasteiger partial charge on any atom is -0.126 e. The van der Waals surface area contributed by atoms with Crippen LogP contribution in [0.3, 0.4) is 0 Å². The molecular weight excluding hydrogens is 502 g/mol. The van der Waals surface area contributed by atoms with Gasteiger partial charge in [0.05, 0.1) is 0 Å². The summed E-state index contributed by atoms with van der Waals surface area (Å²) in [5.74, 6) is 0. The van der Waals surface area contributed by atoms with Crippen LogP contribution in [0, 0.1) is 33.2 Å². The van der Waals surface area contributed by atoms with Gasteiger partial charge in [0.15, 0.2) is 0 Å². The highest BCUT2D eigenvalue weighted by atomic mass is 31.1. The van der Waals surface area contributed by atoms with E-state index in [0.29, 0.717) is 22.2 Å². The molecule has 0 amide bonds. The van der Waals surface area contributed by atoms with Gasteiger partial charge < -0.3 is 0 Å². The maximum atomic E-state index is 4.04. The normalized spacial score (nSPS) is 14.9. The van der Waals surface area contributed by atoms with E-state index in [1.54, 1.807) is 0 Å². The first-order valence-corrected chi connectivity index (χ1v) is 21.2. The standard InChI is InChI=1S/C32H64P2Si2/c1-25(2)35(26(3)4,31(15,16)29(9,10)11)23-21-33-19-20-34-22-24-36(27(5)6,28(7)8)32(17,18)30(12,13)14/h25-28,33-34H,19-20H2,1-18H3. The van der Waals surface area contributed by atoms with Crippen molar-refractivity contribution in [2.45, 2.75) is 157 Å². The van der Waals surface area contributed by atoms with E-state index in [1.165, 1.54) is 12.3 Å². The molecule has 0 bridgehead atoms. The largest absolute Gasteiger partial charge is 0.149 e. The molecule has 36 heavy (non-hydrogen) atoms. The van der Waals surface area contributed by atoms with Gasteiger partial charge >= 0.3 is 0 Å². The first-order chi connectivity index (χ1) is 16.0. The lowest BCUT2D eigenvalue weighted by molar-refractivity contribution is 0.284. The Hall–Kier alpha value is 0.414. The van der Waals surface area contributed by atoms with Gasteiger partial charge in [-0.2, -0.15) is 0 Å². The van der Waals surface area contributed by atoms with Crippen LogP contribution in [-0.2, 0) is 0 Å². The third-order valence-corrected chi connectivity index (χ3v) is 27.2. The van der Waals surface area contributed by atoms with Crippen LogP contribution in [0.4, 0.5) is 0 Å². The number of hydrogen-bond acceptors (Lipinski definition) is 0. The van der Waals surface area contributed by atoms with Gasteiger partial charge in [-0.25, -0.2) is 0 Å². The zero-order valence-electron chi connectivity index (χ0n) is 27.7. The molecule has 0 aliphatic carbocycles. The third kappa shape index (κ3) is 7.13. The quantitative estimate of drug-likeness (QED) is 0.113. The van der Waals surface area contributed by atoms with Crippen LogP contribution in [0.2, 0.25) is 32.2 Å². The van der Waals surface area contributed by atoms with Crippen LogP contribution >= 0.6 is 17.2 Å². The lowest BCUT2D eigenvalue weighted by atomic mass is 9.82. The van der Waals surface area contributed by atoms with Crippen molar-refractivity contribution in [3.8, 4) is 22.4 Å². The zero-order valence-corrected chi connectivity index (χ0v) is 31.7. The van der Waals surface area contributed by atoms with Crippen molar-refractivity contribution in [2.24, 2.45) is 10.8 Å². The second-order valence-corrected chi connectivity index (χ2v) is 28.8. The van der Waals surface area contributed by atoms with Gasteiger partial charge in [0, 0.05) is 0 Å². The Balaban J connectivity index is 5.72. The fourth-order valence-corrected chi connectivity index (χ4v) is 23.2. The first kappa shape index (κ1) is 36.4. The molecule has 0 heterocycles. The summed E-state index contributed by atoms with van der Waals surface area (Å²) >= 11 is 0. The van der Waals surface area contributed by atoms with Crippen LogP contribution < -0.4 is 0 Å². The van der Waals surface area contributed by atoms with Crippen LogP contribution in [0.5, 0.6) is 0 Å². The average molecular weight is 567 g/mol. The van der Waals surface area contributed by atoms with E-state index in [4.69, 9.17) is 0 Å².